The molecule has 5 heteroatoms. The molecule has 0 unspecified atom stereocenters. The first-order chi connectivity index (χ1) is 7.91. The average Bonchev–Trinajstić information content (AvgIpc) is 2.28. The molecule has 17 heavy (non-hydrogen) atoms. The van der Waals surface area contributed by atoms with Crippen LogP contribution >= 0.6 is 11.6 Å². The fourth-order valence-corrected chi connectivity index (χ4v) is 1.71. The Bertz CT molecular complexity index is 590. The number of benzene rings is 2. The van der Waals surface area contributed by atoms with Gasteiger partial charge in [-0.2, -0.15) is 8.78 Å². The molecule has 0 heterocycles. The van der Waals surface area contributed by atoms with Gasteiger partial charge in [-0.1, -0.05) is 24.3 Å². The quantitative estimate of drug-likeness (QED) is 0.588. The van der Waals surface area contributed by atoms with E-state index in [9.17, 15) is 18.0 Å². The van der Waals surface area contributed by atoms with Crippen LogP contribution in [0.25, 0.3) is 10.8 Å². The first kappa shape index (κ1) is 11.9. The third-order valence-corrected chi connectivity index (χ3v) is 2.54. The van der Waals surface area contributed by atoms with E-state index in [1.165, 1.54) is 18.2 Å². The number of carbonyl (C=O) groups is 1. The van der Waals surface area contributed by atoms with Crippen LogP contribution in [0.1, 0.15) is 10.4 Å². The van der Waals surface area contributed by atoms with Crippen LogP contribution in [-0.4, -0.2) is 11.2 Å². The topological polar surface area (TPSA) is 17.1 Å². The molecule has 0 spiro atoms. The highest BCUT2D eigenvalue weighted by Crippen LogP contribution is 2.29. The van der Waals surface area contributed by atoms with Crippen LogP contribution in [0, 0.1) is 5.82 Å². The maximum Gasteiger partial charge on any atom is 0.384 e. The fourth-order valence-electron chi connectivity index (χ4n) is 1.61. The zero-order chi connectivity index (χ0) is 12.6. The second-order valence-corrected chi connectivity index (χ2v) is 3.94. The van der Waals surface area contributed by atoms with Crippen LogP contribution in [0.15, 0.2) is 36.4 Å². The zero-order valence-electron chi connectivity index (χ0n) is 8.38. The van der Waals surface area contributed by atoms with Gasteiger partial charge in [-0.25, -0.2) is 4.39 Å². The van der Waals surface area contributed by atoms with Crippen LogP contribution in [0.5, 0.6) is 0 Å². The second-order valence-electron chi connectivity index (χ2n) is 3.47. The van der Waals surface area contributed by atoms with Crippen molar-refractivity contribution in [1.82, 2.24) is 0 Å². The molecule has 0 amide bonds. The van der Waals surface area contributed by atoms with E-state index in [-0.39, 0.29) is 16.3 Å². The SMILES string of the molecule is O=C(c1ccc(F)c2ccccc12)C(F)(F)Cl. The number of rotatable bonds is 2. The third kappa shape index (κ3) is 2.13. The molecule has 2 rings (SSSR count). The van der Waals surface area contributed by atoms with E-state index in [1.807, 2.05) is 0 Å². The minimum absolute atomic E-state index is 0.110. The van der Waals surface area contributed by atoms with Gasteiger partial charge in [-0.3, -0.25) is 4.79 Å². The van der Waals surface area contributed by atoms with E-state index >= 15 is 0 Å². The summed E-state index contributed by atoms with van der Waals surface area (Å²) in [5.41, 5.74) is -0.290. The van der Waals surface area contributed by atoms with Crippen molar-refractivity contribution in [2.45, 2.75) is 5.38 Å². The molecule has 0 aliphatic carbocycles. The Morgan fingerprint density at radius 1 is 1.06 bits per heavy atom. The molecule has 1 nitrogen and oxygen atoms in total. The molecule has 0 atom stereocenters. The third-order valence-electron chi connectivity index (χ3n) is 2.37. The van der Waals surface area contributed by atoms with Gasteiger partial charge < -0.3 is 0 Å². The second kappa shape index (κ2) is 4.04. The maximum absolute atomic E-state index is 13.4. The van der Waals surface area contributed by atoms with Crippen molar-refractivity contribution < 1.29 is 18.0 Å². The lowest BCUT2D eigenvalue weighted by Gasteiger charge is -2.09. The van der Waals surface area contributed by atoms with Gasteiger partial charge in [0.2, 0.25) is 5.78 Å². The Morgan fingerprint density at radius 3 is 2.24 bits per heavy atom. The Hall–Kier alpha value is -1.55. The monoisotopic (exact) mass is 258 g/mol. The lowest BCUT2D eigenvalue weighted by atomic mass is 10.0. The van der Waals surface area contributed by atoms with Gasteiger partial charge in [0.1, 0.15) is 5.82 Å². The van der Waals surface area contributed by atoms with Crippen molar-refractivity contribution in [3.63, 3.8) is 0 Å². The Morgan fingerprint density at radius 2 is 1.65 bits per heavy atom. The number of ketones is 1. The van der Waals surface area contributed by atoms with E-state index in [4.69, 9.17) is 0 Å². The number of halogens is 4. The van der Waals surface area contributed by atoms with Crippen molar-refractivity contribution in [2.75, 3.05) is 0 Å². The predicted molar refractivity (Wildman–Crippen MR) is 59.0 cm³/mol. The van der Waals surface area contributed by atoms with Gasteiger partial charge in [0.25, 0.3) is 0 Å². The summed E-state index contributed by atoms with van der Waals surface area (Å²) in [6.07, 6.45) is 0. The number of carbonyl (C=O) groups excluding carboxylic acids is 1. The molecule has 0 aliphatic heterocycles. The van der Waals surface area contributed by atoms with Gasteiger partial charge in [-0.05, 0) is 29.1 Å². The highest BCUT2D eigenvalue weighted by atomic mass is 35.5. The van der Waals surface area contributed by atoms with Crippen LogP contribution in [0.2, 0.25) is 0 Å². The summed E-state index contributed by atoms with van der Waals surface area (Å²) in [6.45, 7) is 0. The van der Waals surface area contributed by atoms with E-state index < -0.39 is 17.0 Å². The Labute approximate surface area is 99.8 Å². The summed E-state index contributed by atoms with van der Waals surface area (Å²) in [4.78, 5) is 11.4. The largest absolute Gasteiger partial charge is 0.384 e. The number of hydrogen-bond donors (Lipinski definition) is 0. The average molecular weight is 259 g/mol. The van der Waals surface area contributed by atoms with Crippen molar-refractivity contribution in [2.24, 2.45) is 0 Å². The highest BCUT2D eigenvalue weighted by molar-refractivity contribution is 6.36. The molecule has 88 valence electrons. The molecular weight excluding hydrogens is 253 g/mol. The number of alkyl halides is 3. The number of fused-ring (bicyclic) bond motifs is 1. The van der Waals surface area contributed by atoms with E-state index in [1.54, 1.807) is 6.07 Å². The number of hydrogen-bond acceptors (Lipinski definition) is 1. The zero-order valence-corrected chi connectivity index (χ0v) is 9.14. The van der Waals surface area contributed by atoms with Crippen LogP contribution in [-0.2, 0) is 0 Å². The van der Waals surface area contributed by atoms with E-state index in [0.717, 1.165) is 12.1 Å². The van der Waals surface area contributed by atoms with Crippen molar-refractivity contribution in [1.29, 1.82) is 0 Å². The van der Waals surface area contributed by atoms with Crippen LogP contribution in [0.3, 0.4) is 0 Å². The van der Waals surface area contributed by atoms with E-state index in [2.05, 4.69) is 11.6 Å². The Balaban J connectivity index is 2.72. The molecule has 0 radical (unpaired) electrons. The summed E-state index contributed by atoms with van der Waals surface area (Å²) < 4.78 is 38.9. The molecule has 0 saturated heterocycles. The van der Waals surface area contributed by atoms with Crippen LogP contribution < -0.4 is 0 Å². The molecule has 0 aromatic heterocycles. The molecule has 2 aromatic carbocycles. The summed E-state index contributed by atoms with van der Waals surface area (Å²) in [5, 5.41) is -3.75. The van der Waals surface area contributed by atoms with E-state index in [0.29, 0.717) is 0 Å². The lowest BCUT2D eigenvalue weighted by molar-refractivity contribution is 0.0538. The van der Waals surface area contributed by atoms with Gasteiger partial charge in [0.05, 0.1) is 0 Å². The molecule has 0 N–H and O–H groups in total. The molecule has 0 fully saturated rings. The molecule has 0 bridgehead atoms. The molecule has 0 saturated carbocycles. The highest BCUT2D eigenvalue weighted by Gasteiger charge is 2.37. The van der Waals surface area contributed by atoms with Crippen molar-refractivity contribution in [3.05, 3.63) is 47.8 Å². The fraction of sp³-hybridized carbons (Fsp3) is 0.0833. The summed E-state index contributed by atoms with van der Waals surface area (Å²) in [7, 11) is 0. The molecule has 0 aliphatic rings. The first-order valence-electron chi connectivity index (χ1n) is 4.70. The normalized spacial score (nSPS) is 11.8. The summed E-state index contributed by atoms with van der Waals surface area (Å²) in [5.74, 6) is -2.11. The molecule has 2 aromatic rings. The van der Waals surface area contributed by atoms with Gasteiger partial charge in [0.15, 0.2) is 0 Å². The first-order valence-corrected chi connectivity index (χ1v) is 5.08. The Kier molecular flexibility index (Phi) is 2.83. The minimum atomic E-state index is -3.99. The van der Waals surface area contributed by atoms with Crippen molar-refractivity contribution >= 4 is 28.2 Å². The standard InChI is InChI=1S/C12H6ClF3O/c13-12(15,16)11(17)9-5-6-10(14)8-4-2-1-3-7(8)9/h1-6H. The lowest BCUT2D eigenvalue weighted by Crippen LogP contribution is -2.21. The van der Waals surface area contributed by atoms with Crippen LogP contribution in [0.4, 0.5) is 13.2 Å². The summed E-state index contributed by atoms with van der Waals surface area (Å²) >= 11 is 4.68. The maximum atomic E-state index is 13.4. The smallest absolute Gasteiger partial charge is 0.286 e. The van der Waals surface area contributed by atoms with Gasteiger partial charge in [-0.15, -0.1) is 0 Å². The minimum Gasteiger partial charge on any atom is -0.286 e. The van der Waals surface area contributed by atoms with Gasteiger partial charge in [0, 0.05) is 10.9 Å². The van der Waals surface area contributed by atoms with Gasteiger partial charge >= 0.3 is 5.38 Å². The predicted octanol–water partition coefficient (Wildman–Crippen LogP) is 3.99. The number of Topliss-reactive ketones (excluding diaryl/α,β-unsaturated/α-hetero) is 1. The molecular formula is C12H6ClF3O. The summed E-state index contributed by atoms with van der Waals surface area (Å²) in [6, 6.07) is 7.88. The van der Waals surface area contributed by atoms with Crippen molar-refractivity contribution in [3.8, 4) is 0 Å².